The van der Waals surface area contributed by atoms with E-state index in [0.29, 0.717) is 0 Å². The van der Waals surface area contributed by atoms with Crippen molar-refractivity contribution in [2.45, 2.75) is 0 Å². The molecule has 0 heterocycles. The first-order valence-corrected chi connectivity index (χ1v) is 7.77. The Hall–Kier alpha value is -2.70. The Bertz CT molecular complexity index is 889. The molecule has 112 valence electrons. The molecular formula is C20H13BrO2. The summed E-state index contributed by atoms with van der Waals surface area (Å²) in [4.78, 5) is 0. The summed E-state index contributed by atoms with van der Waals surface area (Å²) in [6.45, 7) is 0. The molecule has 3 aromatic rings. The number of aromatic hydroxyl groups is 2. The van der Waals surface area contributed by atoms with Crippen LogP contribution in [0.15, 0.2) is 65.1 Å². The molecule has 0 aliphatic rings. The van der Waals surface area contributed by atoms with Crippen molar-refractivity contribution in [3.05, 3.63) is 70.7 Å². The summed E-state index contributed by atoms with van der Waals surface area (Å²) in [6, 6.07) is 17.9. The molecule has 0 saturated carbocycles. The van der Waals surface area contributed by atoms with Gasteiger partial charge in [-0.2, -0.15) is 0 Å². The predicted molar refractivity (Wildman–Crippen MR) is 96.3 cm³/mol. The molecule has 0 fully saturated rings. The Morgan fingerprint density at radius 1 is 0.739 bits per heavy atom. The molecule has 0 spiro atoms. The highest BCUT2D eigenvalue weighted by molar-refractivity contribution is 9.10. The molecule has 3 aromatic carbocycles. The van der Waals surface area contributed by atoms with Crippen molar-refractivity contribution < 1.29 is 10.2 Å². The summed E-state index contributed by atoms with van der Waals surface area (Å²) in [5, 5.41) is 18.9. The van der Waals surface area contributed by atoms with E-state index in [-0.39, 0.29) is 11.5 Å². The second-order valence-electron chi connectivity index (χ2n) is 5.12. The average Bonchev–Trinajstić information content (AvgIpc) is 2.57. The van der Waals surface area contributed by atoms with Crippen molar-refractivity contribution in [3.63, 3.8) is 0 Å². The third-order valence-electron chi connectivity index (χ3n) is 3.61. The van der Waals surface area contributed by atoms with Crippen LogP contribution in [0.5, 0.6) is 11.5 Å². The van der Waals surface area contributed by atoms with E-state index < -0.39 is 0 Å². The van der Waals surface area contributed by atoms with Crippen LogP contribution in [0.3, 0.4) is 0 Å². The van der Waals surface area contributed by atoms with Crippen molar-refractivity contribution in [3.8, 4) is 46.1 Å². The number of rotatable bonds is 2. The molecular weight excluding hydrogens is 352 g/mol. The van der Waals surface area contributed by atoms with Gasteiger partial charge in [-0.25, -0.2) is 0 Å². The van der Waals surface area contributed by atoms with E-state index in [9.17, 15) is 10.2 Å². The fraction of sp³-hybridized carbons (Fsp3) is 0. The molecule has 2 nitrogen and oxygen atoms in total. The molecule has 0 radical (unpaired) electrons. The van der Waals surface area contributed by atoms with E-state index in [1.807, 2.05) is 36.4 Å². The summed E-state index contributed by atoms with van der Waals surface area (Å²) in [7, 11) is 0. The lowest BCUT2D eigenvalue weighted by molar-refractivity contribution is 0.475. The largest absolute Gasteiger partial charge is 0.508 e. The van der Waals surface area contributed by atoms with Crippen LogP contribution >= 0.6 is 15.9 Å². The summed E-state index contributed by atoms with van der Waals surface area (Å²) in [5.74, 6) is 3.14. The number of halogens is 1. The zero-order valence-electron chi connectivity index (χ0n) is 12.1. The Kier molecular flexibility index (Phi) is 4.10. The second kappa shape index (κ2) is 6.20. The van der Waals surface area contributed by atoms with E-state index in [1.54, 1.807) is 24.3 Å². The van der Waals surface area contributed by atoms with Gasteiger partial charge in [0.2, 0.25) is 0 Å². The summed E-state index contributed by atoms with van der Waals surface area (Å²) < 4.78 is 0.841. The van der Waals surface area contributed by atoms with Crippen molar-refractivity contribution in [1.82, 2.24) is 0 Å². The first kappa shape index (κ1) is 15.2. The van der Waals surface area contributed by atoms with E-state index in [0.717, 1.165) is 32.3 Å². The maximum atomic E-state index is 9.46. The molecule has 0 unspecified atom stereocenters. The molecule has 0 amide bonds. The van der Waals surface area contributed by atoms with E-state index in [4.69, 9.17) is 6.42 Å². The SMILES string of the molecule is C#Cc1cc(-c2ccc(O)cc2)cc(-c2ccc(O)cc2)c1Br. The van der Waals surface area contributed by atoms with Gasteiger partial charge in [0.1, 0.15) is 11.5 Å². The van der Waals surface area contributed by atoms with Crippen LogP contribution in [-0.2, 0) is 0 Å². The van der Waals surface area contributed by atoms with Crippen LogP contribution in [0.4, 0.5) is 0 Å². The molecule has 3 heteroatoms. The Morgan fingerprint density at radius 3 is 1.78 bits per heavy atom. The van der Waals surface area contributed by atoms with Gasteiger partial charge in [0.15, 0.2) is 0 Å². The zero-order chi connectivity index (χ0) is 16.4. The lowest BCUT2D eigenvalue weighted by Gasteiger charge is -2.11. The topological polar surface area (TPSA) is 40.5 Å². The molecule has 0 aromatic heterocycles. The molecule has 0 aliphatic heterocycles. The van der Waals surface area contributed by atoms with Crippen LogP contribution in [-0.4, -0.2) is 10.2 Å². The smallest absolute Gasteiger partial charge is 0.115 e. The first-order chi connectivity index (χ1) is 11.1. The summed E-state index contributed by atoms with van der Waals surface area (Å²) in [5.41, 5.74) is 4.57. The lowest BCUT2D eigenvalue weighted by Crippen LogP contribution is -1.88. The van der Waals surface area contributed by atoms with Gasteiger partial charge in [-0.05, 0) is 74.6 Å². The predicted octanol–water partition coefficient (Wildman–Crippen LogP) is 5.18. The number of phenolic OH excluding ortho intramolecular Hbond substituents is 2. The number of phenols is 2. The molecule has 0 atom stereocenters. The summed E-state index contributed by atoms with van der Waals surface area (Å²) >= 11 is 3.57. The van der Waals surface area contributed by atoms with Gasteiger partial charge >= 0.3 is 0 Å². The van der Waals surface area contributed by atoms with Gasteiger partial charge < -0.3 is 10.2 Å². The Labute approximate surface area is 143 Å². The van der Waals surface area contributed by atoms with Gasteiger partial charge in [-0.15, -0.1) is 6.42 Å². The number of hydrogen-bond donors (Lipinski definition) is 2. The molecule has 0 saturated heterocycles. The van der Waals surface area contributed by atoms with Crippen LogP contribution in [0.25, 0.3) is 22.3 Å². The van der Waals surface area contributed by atoms with Gasteiger partial charge in [0.05, 0.1) is 0 Å². The number of hydrogen-bond acceptors (Lipinski definition) is 2. The average molecular weight is 365 g/mol. The molecule has 2 N–H and O–H groups in total. The van der Waals surface area contributed by atoms with Crippen LogP contribution < -0.4 is 0 Å². The van der Waals surface area contributed by atoms with Crippen molar-refractivity contribution in [2.75, 3.05) is 0 Å². The first-order valence-electron chi connectivity index (χ1n) is 6.97. The molecule has 23 heavy (non-hydrogen) atoms. The van der Waals surface area contributed by atoms with Gasteiger partial charge in [0, 0.05) is 10.0 Å². The Morgan fingerprint density at radius 2 is 1.26 bits per heavy atom. The van der Waals surface area contributed by atoms with Gasteiger partial charge in [-0.1, -0.05) is 30.2 Å². The van der Waals surface area contributed by atoms with E-state index >= 15 is 0 Å². The van der Waals surface area contributed by atoms with Crippen LogP contribution in [0.2, 0.25) is 0 Å². The number of benzene rings is 3. The van der Waals surface area contributed by atoms with Crippen LogP contribution in [0.1, 0.15) is 5.56 Å². The highest BCUT2D eigenvalue weighted by atomic mass is 79.9. The molecule has 0 bridgehead atoms. The van der Waals surface area contributed by atoms with Crippen molar-refractivity contribution in [2.24, 2.45) is 0 Å². The number of terminal acetylenes is 1. The van der Waals surface area contributed by atoms with Gasteiger partial charge in [0.25, 0.3) is 0 Å². The minimum Gasteiger partial charge on any atom is -0.508 e. The third kappa shape index (κ3) is 3.08. The standard InChI is InChI=1S/C20H13BrO2/c1-2-13-11-16(14-3-7-17(22)8-4-14)12-19(20(13)21)15-5-9-18(23)10-6-15/h1,3-12,22-23H. The highest BCUT2D eigenvalue weighted by Crippen LogP contribution is 2.36. The minimum absolute atomic E-state index is 0.219. The van der Waals surface area contributed by atoms with Crippen LogP contribution in [0, 0.1) is 12.3 Å². The monoisotopic (exact) mass is 364 g/mol. The minimum atomic E-state index is 0.219. The van der Waals surface area contributed by atoms with E-state index in [1.165, 1.54) is 0 Å². The normalized spacial score (nSPS) is 10.3. The van der Waals surface area contributed by atoms with E-state index in [2.05, 4.69) is 21.9 Å². The quantitative estimate of drug-likeness (QED) is 0.615. The van der Waals surface area contributed by atoms with Crippen molar-refractivity contribution in [1.29, 1.82) is 0 Å². The maximum Gasteiger partial charge on any atom is 0.115 e. The lowest BCUT2D eigenvalue weighted by atomic mass is 9.96. The molecule has 0 aliphatic carbocycles. The third-order valence-corrected chi connectivity index (χ3v) is 4.46. The van der Waals surface area contributed by atoms with Gasteiger partial charge in [-0.3, -0.25) is 0 Å². The maximum absolute atomic E-state index is 9.46. The second-order valence-corrected chi connectivity index (χ2v) is 5.92. The fourth-order valence-corrected chi connectivity index (χ4v) is 2.97. The van der Waals surface area contributed by atoms with Crippen molar-refractivity contribution >= 4 is 15.9 Å². The Balaban J connectivity index is 2.20. The zero-order valence-corrected chi connectivity index (χ0v) is 13.7. The molecule has 3 rings (SSSR count). The highest BCUT2D eigenvalue weighted by Gasteiger charge is 2.11. The fourth-order valence-electron chi connectivity index (χ4n) is 2.40. The summed E-state index contributed by atoms with van der Waals surface area (Å²) in [6.07, 6.45) is 5.63.